The molecule has 0 aliphatic rings. The van der Waals surface area contributed by atoms with Crippen molar-refractivity contribution in [3.8, 4) is 11.8 Å². The number of thioether (sulfide) groups is 1. The first kappa shape index (κ1) is 15.7. The second kappa shape index (κ2) is 7.34. The summed E-state index contributed by atoms with van der Waals surface area (Å²) in [7, 11) is 0. The molecule has 0 radical (unpaired) electrons. The van der Waals surface area contributed by atoms with Gasteiger partial charge in [0.15, 0.2) is 0 Å². The van der Waals surface area contributed by atoms with Crippen molar-refractivity contribution in [2.45, 2.75) is 4.90 Å². The molecule has 2 aromatic rings. The van der Waals surface area contributed by atoms with Crippen LogP contribution in [0, 0.1) is 11.3 Å². The number of phenolic OH excluding ortho intramolecular Hbond substituents is 1. The van der Waals surface area contributed by atoms with E-state index in [1.165, 1.54) is 12.1 Å². The van der Waals surface area contributed by atoms with Crippen molar-refractivity contribution >= 4 is 29.4 Å². The minimum atomic E-state index is -0.484. The van der Waals surface area contributed by atoms with E-state index in [-0.39, 0.29) is 11.3 Å². The Labute approximate surface area is 133 Å². The summed E-state index contributed by atoms with van der Waals surface area (Å²) in [5.74, 6) is -0.370. The zero-order chi connectivity index (χ0) is 15.9. The van der Waals surface area contributed by atoms with Crippen molar-refractivity contribution in [1.82, 2.24) is 0 Å². The number of nitriles is 1. The number of nitrogens with zero attached hydrogens (tertiary/aromatic N) is 1. The average Bonchev–Trinajstić information content (AvgIpc) is 2.55. The minimum absolute atomic E-state index is 0.0185. The third-order valence-corrected chi connectivity index (χ3v) is 3.66. The van der Waals surface area contributed by atoms with E-state index in [1.807, 2.05) is 36.6 Å². The van der Waals surface area contributed by atoms with Crippen LogP contribution in [0.25, 0.3) is 6.08 Å². The predicted molar refractivity (Wildman–Crippen MR) is 88.5 cm³/mol. The van der Waals surface area contributed by atoms with Crippen LogP contribution in [0.15, 0.2) is 59.0 Å². The zero-order valence-corrected chi connectivity index (χ0v) is 12.7. The molecule has 110 valence electrons. The van der Waals surface area contributed by atoms with Gasteiger partial charge in [0.05, 0.1) is 0 Å². The Hall–Kier alpha value is -2.71. The lowest BCUT2D eigenvalue weighted by atomic mass is 10.1. The van der Waals surface area contributed by atoms with Gasteiger partial charge in [0.1, 0.15) is 17.4 Å². The maximum absolute atomic E-state index is 12.1. The molecule has 4 nitrogen and oxygen atoms in total. The largest absolute Gasteiger partial charge is 0.508 e. The van der Waals surface area contributed by atoms with Gasteiger partial charge in [0.25, 0.3) is 5.91 Å². The van der Waals surface area contributed by atoms with Gasteiger partial charge in [0.2, 0.25) is 0 Å². The SMILES string of the molecule is CSc1ccc(/C=C(/C#N)C(=O)Nc2ccc(O)cc2)cc1. The fraction of sp³-hybridized carbons (Fsp3) is 0.0588. The Kier molecular flexibility index (Phi) is 5.23. The minimum Gasteiger partial charge on any atom is -0.508 e. The van der Waals surface area contributed by atoms with E-state index < -0.39 is 5.91 Å². The summed E-state index contributed by atoms with van der Waals surface area (Å²) >= 11 is 1.63. The maximum atomic E-state index is 12.1. The van der Waals surface area contributed by atoms with Crippen molar-refractivity contribution in [2.24, 2.45) is 0 Å². The summed E-state index contributed by atoms with van der Waals surface area (Å²) in [6.07, 6.45) is 3.52. The number of rotatable bonds is 4. The van der Waals surface area contributed by atoms with E-state index >= 15 is 0 Å². The van der Waals surface area contributed by atoms with Gasteiger partial charge < -0.3 is 10.4 Å². The van der Waals surface area contributed by atoms with Gasteiger partial charge in [-0.15, -0.1) is 11.8 Å². The summed E-state index contributed by atoms with van der Waals surface area (Å²) in [6.45, 7) is 0. The molecule has 0 fully saturated rings. The number of amides is 1. The molecule has 0 aliphatic carbocycles. The Morgan fingerprint density at radius 3 is 2.36 bits per heavy atom. The van der Waals surface area contributed by atoms with E-state index in [4.69, 9.17) is 5.26 Å². The highest BCUT2D eigenvalue weighted by atomic mass is 32.2. The molecule has 0 saturated heterocycles. The van der Waals surface area contributed by atoms with Crippen LogP contribution in [-0.4, -0.2) is 17.3 Å². The van der Waals surface area contributed by atoms with E-state index in [2.05, 4.69) is 5.32 Å². The fourth-order valence-electron chi connectivity index (χ4n) is 1.76. The van der Waals surface area contributed by atoms with Crippen LogP contribution in [-0.2, 0) is 4.79 Å². The lowest BCUT2D eigenvalue weighted by molar-refractivity contribution is -0.112. The van der Waals surface area contributed by atoms with Crippen LogP contribution < -0.4 is 5.32 Å². The van der Waals surface area contributed by atoms with Gasteiger partial charge in [0, 0.05) is 10.6 Å². The number of anilines is 1. The van der Waals surface area contributed by atoms with Crippen LogP contribution >= 0.6 is 11.8 Å². The summed E-state index contributed by atoms with van der Waals surface area (Å²) in [6, 6.07) is 15.5. The molecule has 5 heteroatoms. The van der Waals surface area contributed by atoms with Crippen LogP contribution in [0.3, 0.4) is 0 Å². The van der Waals surface area contributed by atoms with Crippen molar-refractivity contribution in [3.05, 3.63) is 59.7 Å². The summed E-state index contributed by atoms with van der Waals surface area (Å²) in [5, 5.41) is 21.0. The predicted octanol–water partition coefficient (Wildman–Crippen LogP) is 3.66. The van der Waals surface area contributed by atoms with E-state index in [0.29, 0.717) is 5.69 Å². The van der Waals surface area contributed by atoms with Crippen molar-refractivity contribution in [1.29, 1.82) is 5.26 Å². The van der Waals surface area contributed by atoms with Crippen molar-refractivity contribution in [2.75, 3.05) is 11.6 Å². The van der Waals surface area contributed by atoms with Gasteiger partial charge in [-0.2, -0.15) is 5.26 Å². The number of aromatic hydroxyl groups is 1. The molecule has 1 amide bonds. The molecule has 0 spiro atoms. The molecule has 0 bridgehead atoms. The van der Waals surface area contributed by atoms with Gasteiger partial charge >= 0.3 is 0 Å². The summed E-state index contributed by atoms with van der Waals surface area (Å²) < 4.78 is 0. The molecule has 2 rings (SSSR count). The number of nitrogens with one attached hydrogen (secondary N) is 1. The van der Waals surface area contributed by atoms with E-state index in [1.54, 1.807) is 30.0 Å². The molecule has 0 saturated carbocycles. The Bertz CT molecular complexity index is 729. The van der Waals surface area contributed by atoms with Gasteiger partial charge in [-0.1, -0.05) is 12.1 Å². The van der Waals surface area contributed by atoms with Gasteiger partial charge in [-0.05, 0) is 54.3 Å². The van der Waals surface area contributed by atoms with Crippen LogP contribution in [0.4, 0.5) is 5.69 Å². The first-order valence-electron chi connectivity index (χ1n) is 6.48. The number of carbonyl (C=O) groups excluding carboxylic acids is 1. The van der Waals surface area contributed by atoms with Gasteiger partial charge in [-0.3, -0.25) is 4.79 Å². The first-order chi connectivity index (χ1) is 10.6. The van der Waals surface area contributed by atoms with Crippen LogP contribution in [0.5, 0.6) is 5.75 Å². The molecule has 0 aromatic heterocycles. The quantitative estimate of drug-likeness (QED) is 0.391. The second-order valence-corrected chi connectivity index (χ2v) is 5.32. The Morgan fingerprint density at radius 1 is 1.18 bits per heavy atom. The molecular weight excluding hydrogens is 296 g/mol. The third kappa shape index (κ3) is 4.14. The van der Waals surface area contributed by atoms with Crippen molar-refractivity contribution in [3.63, 3.8) is 0 Å². The third-order valence-electron chi connectivity index (χ3n) is 2.92. The Balaban J connectivity index is 2.15. The molecule has 0 unspecified atom stereocenters. The highest BCUT2D eigenvalue weighted by Gasteiger charge is 2.09. The molecule has 22 heavy (non-hydrogen) atoms. The van der Waals surface area contributed by atoms with Gasteiger partial charge in [-0.25, -0.2) is 0 Å². The smallest absolute Gasteiger partial charge is 0.266 e. The first-order valence-corrected chi connectivity index (χ1v) is 7.71. The summed E-state index contributed by atoms with van der Waals surface area (Å²) in [5.41, 5.74) is 1.32. The molecule has 0 atom stereocenters. The average molecular weight is 310 g/mol. The topological polar surface area (TPSA) is 73.1 Å². The number of hydrogen-bond acceptors (Lipinski definition) is 4. The standard InChI is InChI=1S/C17H14N2O2S/c1-22-16-8-2-12(3-9-16)10-13(11-18)17(21)19-14-4-6-15(20)7-5-14/h2-10,20H,1H3,(H,19,21)/b13-10-. The van der Waals surface area contributed by atoms with Crippen LogP contribution in [0.1, 0.15) is 5.56 Å². The highest BCUT2D eigenvalue weighted by molar-refractivity contribution is 7.98. The molecule has 2 N–H and O–H groups in total. The number of benzene rings is 2. The zero-order valence-electron chi connectivity index (χ0n) is 11.9. The lowest BCUT2D eigenvalue weighted by Crippen LogP contribution is -2.13. The maximum Gasteiger partial charge on any atom is 0.266 e. The van der Waals surface area contributed by atoms with E-state index in [9.17, 15) is 9.90 Å². The number of hydrogen-bond donors (Lipinski definition) is 2. The second-order valence-electron chi connectivity index (χ2n) is 4.44. The Morgan fingerprint density at radius 2 is 1.82 bits per heavy atom. The fourth-order valence-corrected chi connectivity index (χ4v) is 2.17. The molecular formula is C17H14N2O2S. The molecule has 0 heterocycles. The monoisotopic (exact) mass is 310 g/mol. The number of carbonyl (C=O) groups is 1. The van der Waals surface area contributed by atoms with Crippen molar-refractivity contribution < 1.29 is 9.90 Å². The summed E-state index contributed by atoms with van der Waals surface area (Å²) in [4.78, 5) is 13.2. The van der Waals surface area contributed by atoms with E-state index in [0.717, 1.165) is 10.5 Å². The lowest BCUT2D eigenvalue weighted by Gasteiger charge is -2.04. The number of phenols is 1. The van der Waals surface area contributed by atoms with Crippen LogP contribution in [0.2, 0.25) is 0 Å². The molecule has 0 aliphatic heterocycles. The normalized spacial score (nSPS) is 10.8. The highest BCUT2D eigenvalue weighted by Crippen LogP contribution is 2.18. The molecule has 2 aromatic carbocycles.